The maximum atomic E-state index is 12.8. The van der Waals surface area contributed by atoms with Gasteiger partial charge >= 0.3 is 0 Å². The molecule has 1 aromatic carbocycles. The first-order valence-corrected chi connectivity index (χ1v) is 9.71. The average molecular weight is 357 g/mol. The number of nitrogens with zero attached hydrogens (tertiary/aromatic N) is 2. The lowest BCUT2D eigenvalue weighted by Crippen LogP contribution is -2.27. The molecular formula is C19H23N3O2S. The molecule has 0 spiro atoms. The van der Waals surface area contributed by atoms with Crippen molar-refractivity contribution in [1.82, 2.24) is 4.98 Å². The Morgan fingerprint density at radius 2 is 1.84 bits per heavy atom. The summed E-state index contributed by atoms with van der Waals surface area (Å²) in [6.07, 6.45) is 1.71. The third kappa shape index (κ3) is 3.06. The van der Waals surface area contributed by atoms with Crippen molar-refractivity contribution in [1.29, 1.82) is 0 Å². The summed E-state index contributed by atoms with van der Waals surface area (Å²) in [7, 11) is -3.43. The van der Waals surface area contributed by atoms with Crippen LogP contribution in [0, 0.1) is 0 Å². The molecule has 0 radical (unpaired) electrons. The maximum Gasteiger partial charge on any atom is 0.183 e. The summed E-state index contributed by atoms with van der Waals surface area (Å²) in [5, 5.41) is 4.11. The van der Waals surface area contributed by atoms with Crippen molar-refractivity contribution in [3.8, 4) is 0 Å². The van der Waals surface area contributed by atoms with Gasteiger partial charge in [0, 0.05) is 11.6 Å². The van der Waals surface area contributed by atoms with E-state index >= 15 is 0 Å². The summed E-state index contributed by atoms with van der Waals surface area (Å²) >= 11 is 0. The summed E-state index contributed by atoms with van der Waals surface area (Å²) < 4.78 is 24.7. The topological polar surface area (TPSA) is 71.4 Å². The molecule has 0 saturated heterocycles. The standard InChI is InChI=1S/C19H23N3O2S/c1-12-11-21-18(13(12)2)22-17-8-9-20-16-7-6-14(10-15(16)17)25(23,24)19(3,4)5/h6-10H,11H2,1-5H3,(H,20,21,22). The number of hydrogen-bond acceptors (Lipinski definition) is 5. The molecule has 0 fully saturated rings. The SMILES string of the molecule is CC1=C(C)C(Nc2ccnc3ccc(S(=O)(=O)C(C)(C)C)cc23)=NC1. The Balaban J connectivity index is 2.11. The Morgan fingerprint density at radius 1 is 1.12 bits per heavy atom. The van der Waals surface area contributed by atoms with Crippen molar-refractivity contribution in [2.75, 3.05) is 11.9 Å². The predicted molar refractivity (Wildman–Crippen MR) is 103 cm³/mol. The van der Waals surface area contributed by atoms with Crippen molar-refractivity contribution in [2.45, 2.75) is 44.3 Å². The number of amidine groups is 1. The first-order chi connectivity index (χ1) is 11.6. The Morgan fingerprint density at radius 3 is 2.44 bits per heavy atom. The molecule has 1 N–H and O–H groups in total. The lowest BCUT2D eigenvalue weighted by Gasteiger charge is -2.20. The molecule has 2 heterocycles. The van der Waals surface area contributed by atoms with E-state index in [0.717, 1.165) is 28.0 Å². The van der Waals surface area contributed by atoms with Crippen LogP contribution in [-0.4, -0.2) is 30.5 Å². The van der Waals surface area contributed by atoms with Crippen LogP contribution in [0.25, 0.3) is 10.9 Å². The summed E-state index contributed by atoms with van der Waals surface area (Å²) in [5.41, 5.74) is 3.92. The second kappa shape index (κ2) is 5.95. The van der Waals surface area contributed by atoms with Gasteiger partial charge in [0.05, 0.1) is 27.4 Å². The van der Waals surface area contributed by atoms with Gasteiger partial charge in [-0.25, -0.2) is 8.42 Å². The molecule has 0 unspecified atom stereocenters. The number of hydrogen-bond donors (Lipinski definition) is 1. The number of nitrogens with one attached hydrogen (secondary N) is 1. The number of sulfone groups is 1. The summed E-state index contributed by atoms with van der Waals surface area (Å²) in [5.74, 6) is 0.828. The summed E-state index contributed by atoms with van der Waals surface area (Å²) in [6.45, 7) is 9.91. The zero-order valence-corrected chi connectivity index (χ0v) is 16.0. The molecule has 0 amide bonds. The zero-order valence-electron chi connectivity index (χ0n) is 15.2. The van der Waals surface area contributed by atoms with E-state index in [2.05, 4.69) is 22.2 Å². The van der Waals surface area contributed by atoms with Crippen LogP contribution in [0.5, 0.6) is 0 Å². The first kappa shape index (κ1) is 17.6. The molecule has 6 heteroatoms. The fraction of sp³-hybridized carbons (Fsp3) is 0.368. The monoisotopic (exact) mass is 357 g/mol. The van der Waals surface area contributed by atoms with Crippen LogP contribution in [0.15, 0.2) is 51.5 Å². The third-order valence-corrected chi connectivity index (χ3v) is 7.04. The molecule has 0 atom stereocenters. The molecule has 132 valence electrons. The van der Waals surface area contributed by atoms with E-state index in [1.54, 1.807) is 45.2 Å². The van der Waals surface area contributed by atoms with Crippen molar-refractivity contribution < 1.29 is 8.42 Å². The molecular weight excluding hydrogens is 334 g/mol. The second-order valence-electron chi connectivity index (χ2n) is 7.35. The average Bonchev–Trinajstić information content (AvgIpc) is 2.86. The molecule has 1 aromatic heterocycles. The van der Waals surface area contributed by atoms with Gasteiger partial charge in [-0.05, 0) is 70.0 Å². The Kier molecular flexibility index (Phi) is 4.19. The first-order valence-electron chi connectivity index (χ1n) is 8.23. The fourth-order valence-electron chi connectivity index (χ4n) is 2.65. The summed E-state index contributed by atoms with van der Waals surface area (Å²) in [4.78, 5) is 9.16. The summed E-state index contributed by atoms with van der Waals surface area (Å²) in [6, 6.07) is 6.93. The molecule has 5 nitrogen and oxygen atoms in total. The largest absolute Gasteiger partial charge is 0.340 e. The number of aromatic nitrogens is 1. The van der Waals surface area contributed by atoms with Crippen molar-refractivity contribution in [3.05, 3.63) is 41.6 Å². The lowest BCUT2D eigenvalue weighted by atomic mass is 10.1. The van der Waals surface area contributed by atoms with E-state index in [-0.39, 0.29) is 0 Å². The van der Waals surface area contributed by atoms with Gasteiger partial charge in [0.15, 0.2) is 9.84 Å². The molecule has 3 rings (SSSR count). The number of rotatable bonds is 2. The van der Waals surface area contributed by atoms with Gasteiger partial charge in [0.2, 0.25) is 0 Å². The van der Waals surface area contributed by atoms with Gasteiger partial charge in [-0.1, -0.05) is 0 Å². The Labute approximate surface area is 148 Å². The van der Waals surface area contributed by atoms with Crippen molar-refractivity contribution in [2.24, 2.45) is 4.99 Å². The molecule has 25 heavy (non-hydrogen) atoms. The highest BCUT2D eigenvalue weighted by molar-refractivity contribution is 7.92. The lowest BCUT2D eigenvalue weighted by molar-refractivity contribution is 0.560. The van der Waals surface area contributed by atoms with Gasteiger partial charge in [0.25, 0.3) is 0 Å². The van der Waals surface area contributed by atoms with Crippen molar-refractivity contribution in [3.63, 3.8) is 0 Å². The van der Waals surface area contributed by atoms with E-state index in [0.29, 0.717) is 11.4 Å². The van der Waals surface area contributed by atoms with Crippen molar-refractivity contribution >= 4 is 32.3 Å². The molecule has 0 saturated carbocycles. The minimum Gasteiger partial charge on any atom is -0.340 e. The zero-order chi connectivity index (χ0) is 18.4. The van der Waals surface area contributed by atoms with E-state index in [9.17, 15) is 8.42 Å². The second-order valence-corrected chi connectivity index (χ2v) is 10.1. The Bertz CT molecular complexity index is 1010. The minimum atomic E-state index is -3.43. The Hall–Kier alpha value is -2.21. The normalized spacial score (nSPS) is 15.6. The highest BCUT2D eigenvalue weighted by atomic mass is 32.2. The third-order valence-electron chi connectivity index (χ3n) is 4.55. The van der Waals surface area contributed by atoms with Crippen LogP contribution in [0.4, 0.5) is 5.69 Å². The molecule has 0 aliphatic carbocycles. The number of aliphatic imine (C=N–C) groups is 1. The van der Waals surface area contributed by atoms with Gasteiger partial charge in [0.1, 0.15) is 5.84 Å². The van der Waals surface area contributed by atoms with Crippen LogP contribution in [0.1, 0.15) is 34.6 Å². The quantitative estimate of drug-likeness (QED) is 0.883. The molecule has 1 aliphatic rings. The number of pyridine rings is 1. The maximum absolute atomic E-state index is 12.8. The van der Waals surface area contributed by atoms with E-state index in [1.807, 2.05) is 13.0 Å². The van der Waals surface area contributed by atoms with Gasteiger partial charge in [-0.15, -0.1) is 0 Å². The van der Waals surface area contributed by atoms with Crippen LogP contribution in [0.3, 0.4) is 0 Å². The van der Waals surface area contributed by atoms with Crippen LogP contribution < -0.4 is 5.32 Å². The van der Waals surface area contributed by atoms with E-state index < -0.39 is 14.6 Å². The number of benzene rings is 1. The minimum absolute atomic E-state index is 0.306. The predicted octanol–water partition coefficient (Wildman–Crippen LogP) is 3.97. The number of fused-ring (bicyclic) bond motifs is 1. The molecule has 1 aliphatic heterocycles. The molecule has 2 aromatic rings. The van der Waals surface area contributed by atoms with Gasteiger partial charge < -0.3 is 5.32 Å². The van der Waals surface area contributed by atoms with Crippen LogP contribution in [0.2, 0.25) is 0 Å². The fourth-order valence-corrected chi connectivity index (χ4v) is 3.88. The van der Waals surface area contributed by atoms with Gasteiger partial charge in [-0.2, -0.15) is 0 Å². The van der Waals surface area contributed by atoms with Gasteiger partial charge in [-0.3, -0.25) is 9.98 Å². The van der Waals surface area contributed by atoms with E-state index in [1.165, 1.54) is 5.57 Å². The van der Waals surface area contributed by atoms with Crippen LogP contribution >= 0.6 is 0 Å². The number of anilines is 1. The highest BCUT2D eigenvalue weighted by Gasteiger charge is 2.31. The van der Waals surface area contributed by atoms with Crippen LogP contribution in [-0.2, 0) is 9.84 Å². The highest BCUT2D eigenvalue weighted by Crippen LogP contribution is 2.30. The smallest absolute Gasteiger partial charge is 0.183 e. The molecule has 0 bridgehead atoms. The van der Waals surface area contributed by atoms with E-state index in [4.69, 9.17) is 0 Å².